The zero-order chi connectivity index (χ0) is 10.7. The van der Waals surface area contributed by atoms with Crippen molar-refractivity contribution in [2.24, 2.45) is 11.8 Å². The lowest BCUT2D eigenvalue weighted by Gasteiger charge is -2.25. The number of carbonyl (C=O) groups excluding carboxylic acids is 1. The Morgan fingerprint density at radius 2 is 2.20 bits per heavy atom. The summed E-state index contributed by atoms with van der Waals surface area (Å²) >= 11 is 0. The smallest absolute Gasteiger partial charge is 0.236 e. The first-order valence-electron chi connectivity index (χ1n) is 5.21. The molecule has 1 saturated carbocycles. The van der Waals surface area contributed by atoms with E-state index in [9.17, 15) is 4.79 Å². The monoisotopic (exact) mass is 209 g/mol. The highest BCUT2D eigenvalue weighted by molar-refractivity contribution is 5.78. The number of nitrogens with two attached hydrogens (primary N) is 1. The molecule has 0 aliphatic heterocycles. The molecule has 1 aliphatic rings. The molecular weight excluding hydrogens is 194 g/mol. The van der Waals surface area contributed by atoms with Gasteiger partial charge in [0.25, 0.3) is 0 Å². The summed E-state index contributed by atoms with van der Waals surface area (Å²) in [5.41, 5.74) is 2.21. The third-order valence-electron chi connectivity index (χ3n) is 3.04. The summed E-state index contributed by atoms with van der Waals surface area (Å²) in [5, 5.41) is 0. The maximum atomic E-state index is 11.3. The first-order chi connectivity index (χ1) is 7.31. The number of nitrogens with zero attached hydrogens (tertiary/aromatic N) is 1. The summed E-state index contributed by atoms with van der Waals surface area (Å²) in [4.78, 5) is 15.4. The molecule has 0 aromatic carbocycles. The summed E-state index contributed by atoms with van der Waals surface area (Å²) in [6.07, 6.45) is 6.85. The maximum absolute atomic E-state index is 11.3. The minimum atomic E-state index is -0.0548. The van der Waals surface area contributed by atoms with Gasteiger partial charge in [-0.2, -0.15) is 0 Å². The number of nitrogens with one attached hydrogen (secondary N) is 1. The molecule has 1 heterocycles. The molecule has 82 valence electrons. The minimum Gasteiger partial charge on any atom is -0.449 e. The van der Waals surface area contributed by atoms with Crippen molar-refractivity contribution >= 4 is 5.91 Å². The van der Waals surface area contributed by atoms with E-state index in [2.05, 4.69) is 10.4 Å². The Bertz CT molecular complexity index is 315. The van der Waals surface area contributed by atoms with Gasteiger partial charge in [0, 0.05) is 11.8 Å². The maximum Gasteiger partial charge on any atom is 0.236 e. The van der Waals surface area contributed by atoms with Crippen LogP contribution in [0, 0.1) is 5.92 Å². The minimum absolute atomic E-state index is 0.0548. The van der Waals surface area contributed by atoms with Gasteiger partial charge in [-0.3, -0.25) is 10.2 Å². The molecular formula is C10H15N3O2. The fourth-order valence-corrected chi connectivity index (χ4v) is 2.16. The second kappa shape index (κ2) is 4.44. The topological polar surface area (TPSA) is 81.1 Å². The van der Waals surface area contributed by atoms with Crippen LogP contribution in [-0.4, -0.2) is 10.9 Å². The van der Waals surface area contributed by atoms with Gasteiger partial charge in [0.15, 0.2) is 5.89 Å². The van der Waals surface area contributed by atoms with Crippen molar-refractivity contribution in [2.45, 2.75) is 31.6 Å². The van der Waals surface area contributed by atoms with Crippen molar-refractivity contribution < 1.29 is 9.21 Å². The lowest BCUT2D eigenvalue weighted by molar-refractivity contribution is -0.126. The van der Waals surface area contributed by atoms with Gasteiger partial charge >= 0.3 is 0 Å². The molecule has 1 aromatic heterocycles. The average molecular weight is 209 g/mol. The number of aromatic nitrogens is 1. The molecule has 0 atom stereocenters. The molecule has 2 rings (SSSR count). The van der Waals surface area contributed by atoms with E-state index in [1.807, 2.05) is 0 Å². The molecule has 5 heteroatoms. The Hall–Kier alpha value is -1.36. The van der Waals surface area contributed by atoms with Gasteiger partial charge in [-0.15, -0.1) is 0 Å². The van der Waals surface area contributed by atoms with Gasteiger partial charge in [0.1, 0.15) is 6.26 Å². The SMILES string of the molecule is NNC(=O)C1CCC(c2ncco2)CC1. The standard InChI is InChI=1S/C10H15N3O2/c11-13-9(14)7-1-3-8(4-2-7)10-12-5-6-15-10/h5-8H,1-4,11H2,(H,13,14). The van der Waals surface area contributed by atoms with Crippen molar-refractivity contribution in [1.82, 2.24) is 10.4 Å². The average Bonchev–Trinajstić information content (AvgIpc) is 2.82. The fourth-order valence-electron chi connectivity index (χ4n) is 2.16. The largest absolute Gasteiger partial charge is 0.449 e. The van der Waals surface area contributed by atoms with Crippen LogP contribution in [0.5, 0.6) is 0 Å². The van der Waals surface area contributed by atoms with Gasteiger partial charge in [0.2, 0.25) is 5.91 Å². The van der Waals surface area contributed by atoms with E-state index in [-0.39, 0.29) is 11.8 Å². The van der Waals surface area contributed by atoms with Gasteiger partial charge in [-0.25, -0.2) is 10.8 Å². The van der Waals surface area contributed by atoms with E-state index in [0.717, 1.165) is 31.6 Å². The molecule has 1 aromatic rings. The molecule has 3 N–H and O–H groups in total. The number of hydrogen-bond donors (Lipinski definition) is 2. The molecule has 0 saturated heterocycles. The lowest BCUT2D eigenvalue weighted by Crippen LogP contribution is -2.37. The van der Waals surface area contributed by atoms with Crippen LogP contribution >= 0.6 is 0 Å². The third kappa shape index (κ3) is 2.18. The van der Waals surface area contributed by atoms with Crippen LogP contribution < -0.4 is 11.3 Å². The van der Waals surface area contributed by atoms with Gasteiger partial charge < -0.3 is 4.42 Å². The molecule has 1 fully saturated rings. The summed E-state index contributed by atoms with van der Waals surface area (Å²) in [6.45, 7) is 0. The Morgan fingerprint density at radius 3 is 2.73 bits per heavy atom. The van der Waals surface area contributed by atoms with Gasteiger partial charge in [0.05, 0.1) is 6.20 Å². The molecule has 0 unspecified atom stereocenters. The van der Waals surface area contributed by atoms with Crippen LogP contribution in [0.25, 0.3) is 0 Å². The van der Waals surface area contributed by atoms with Crippen molar-refractivity contribution in [3.8, 4) is 0 Å². The molecule has 0 radical (unpaired) electrons. The van der Waals surface area contributed by atoms with Crippen LogP contribution in [0.1, 0.15) is 37.5 Å². The zero-order valence-corrected chi connectivity index (χ0v) is 8.48. The number of hydrogen-bond acceptors (Lipinski definition) is 4. The highest BCUT2D eigenvalue weighted by Gasteiger charge is 2.28. The van der Waals surface area contributed by atoms with Crippen molar-refractivity contribution in [3.05, 3.63) is 18.4 Å². The lowest BCUT2D eigenvalue weighted by atomic mass is 9.81. The second-order valence-electron chi connectivity index (χ2n) is 3.93. The van der Waals surface area contributed by atoms with Crippen LogP contribution in [0.4, 0.5) is 0 Å². The van der Waals surface area contributed by atoms with Crippen molar-refractivity contribution in [3.63, 3.8) is 0 Å². The Balaban J connectivity index is 1.90. The summed E-state index contributed by atoms with van der Waals surface area (Å²) in [5.74, 6) is 6.26. The van der Waals surface area contributed by atoms with E-state index >= 15 is 0 Å². The van der Waals surface area contributed by atoms with Crippen molar-refractivity contribution in [1.29, 1.82) is 0 Å². The predicted molar refractivity (Wildman–Crippen MR) is 53.5 cm³/mol. The second-order valence-corrected chi connectivity index (χ2v) is 3.93. The molecule has 1 aliphatic carbocycles. The highest BCUT2D eigenvalue weighted by atomic mass is 16.3. The van der Waals surface area contributed by atoms with Crippen LogP contribution in [0.2, 0.25) is 0 Å². The van der Waals surface area contributed by atoms with E-state index < -0.39 is 0 Å². The zero-order valence-electron chi connectivity index (χ0n) is 8.48. The van der Waals surface area contributed by atoms with Crippen LogP contribution in [0.15, 0.2) is 16.9 Å². The normalized spacial score (nSPS) is 26.2. The summed E-state index contributed by atoms with van der Waals surface area (Å²) in [7, 11) is 0. The number of carbonyl (C=O) groups is 1. The number of hydrazine groups is 1. The van der Waals surface area contributed by atoms with E-state index in [1.54, 1.807) is 12.5 Å². The molecule has 1 amide bonds. The Labute approximate surface area is 88.0 Å². The predicted octanol–water partition coefficient (Wildman–Crippen LogP) is 0.938. The number of amides is 1. The Kier molecular flexibility index (Phi) is 3.01. The van der Waals surface area contributed by atoms with E-state index in [0.29, 0.717) is 5.92 Å². The highest BCUT2D eigenvalue weighted by Crippen LogP contribution is 2.34. The first kappa shape index (κ1) is 10.2. The van der Waals surface area contributed by atoms with Gasteiger partial charge in [-0.05, 0) is 25.7 Å². The quantitative estimate of drug-likeness (QED) is 0.431. The first-order valence-corrected chi connectivity index (χ1v) is 5.21. The molecule has 5 nitrogen and oxygen atoms in total. The van der Waals surface area contributed by atoms with Crippen LogP contribution in [-0.2, 0) is 4.79 Å². The Morgan fingerprint density at radius 1 is 1.47 bits per heavy atom. The number of rotatable bonds is 2. The van der Waals surface area contributed by atoms with E-state index in [1.165, 1.54) is 0 Å². The van der Waals surface area contributed by atoms with Gasteiger partial charge in [-0.1, -0.05) is 0 Å². The third-order valence-corrected chi connectivity index (χ3v) is 3.04. The number of oxazole rings is 1. The molecule has 0 bridgehead atoms. The fraction of sp³-hybridized carbons (Fsp3) is 0.600. The summed E-state index contributed by atoms with van der Waals surface area (Å²) in [6, 6.07) is 0. The molecule has 0 spiro atoms. The van der Waals surface area contributed by atoms with Crippen molar-refractivity contribution in [2.75, 3.05) is 0 Å². The molecule has 15 heavy (non-hydrogen) atoms. The van der Waals surface area contributed by atoms with Crippen LogP contribution in [0.3, 0.4) is 0 Å². The van der Waals surface area contributed by atoms with E-state index in [4.69, 9.17) is 10.3 Å². The summed E-state index contributed by atoms with van der Waals surface area (Å²) < 4.78 is 5.26.